The number of ether oxygens (including phenoxy) is 2. The van der Waals surface area contributed by atoms with Gasteiger partial charge in [-0.15, -0.1) is 0 Å². The SMILES string of the molecule is COc1cc(-n2ccnc(Sc3ccc(C)cc3C)c2=O)ccc1OCC(C)(C)O. The minimum absolute atomic E-state index is 0.120. The number of aliphatic hydroxyl groups is 1. The normalized spacial score (nSPS) is 11.4. The summed E-state index contributed by atoms with van der Waals surface area (Å²) in [6.07, 6.45) is 3.24. The van der Waals surface area contributed by atoms with Crippen LogP contribution in [0.5, 0.6) is 11.5 Å². The highest BCUT2D eigenvalue weighted by Gasteiger charge is 2.16. The van der Waals surface area contributed by atoms with E-state index in [1.807, 2.05) is 26.0 Å². The van der Waals surface area contributed by atoms with Gasteiger partial charge in [0.1, 0.15) is 6.61 Å². The smallest absolute Gasteiger partial charge is 0.287 e. The minimum Gasteiger partial charge on any atom is -0.493 e. The van der Waals surface area contributed by atoms with E-state index in [4.69, 9.17) is 9.47 Å². The van der Waals surface area contributed by atoms with E-state index in [2.05, 4.69) is 11.1 Å². The zero-order valence-corrected chi connectivity index (χ0v) is 18.6. The third-order valence-electron chi connectivity index (χ3n) is 4.35. The molecule has 0 amide bonds. The molecule has 0 spiro atoms. The molecule has 0 radical (unpaired) electrons. The average molecular weight is 427 g/mol. The van der Waals surface area contributed by atoms with E-state index in [0.29, 0.717) is 22.2 Å². The number of methoxy groups -OCH3 is 1. The molecule has 0 aliphatic carbocycles. The summed E-state index contributed by atoms with van der Waals surface area (Å²) in [6, 6.07) is 11.3. The van der Waals surface area contributed by atoms with E-state index in [9.17, 15) is 9.90 Å². The first-order valence-corrected chi connectivity index (χ1v) is 10.4. The Morgan fingerprint density at radius 1 is 1.13 bits per heavy atom. The first-order chi connectivity index (χ1) is 14.2. The molecule has 0 aliphatic heterocycles. The van der Waals surface area contributed by atoms with Gasteiger partial charge >= 0.3 is 0 Å². The molecule has 2 aromatic carbocycles. The maximum absolute atomic E-state index is 13.1. The van der Waals surface area contributed by atoms with Crippen molar-refractivity contribution >= 4 is 11.8 Å². The Balaban J connectivity index is 1.92. The Labute approximate surface area is 180 Å². The molecule has 0 fully saturated rings. The first kappa shape index (κ1) is 21.9. The van der Waals surface area contributed by atoms with Crippen LogP contribution in [0.15, 0.2) is 63.5 Å². The van der Waals surface area contributed by atoms with Gasteiger partial charge in [-0.05, 0) is 51.5 Å². The van der Waals surface area contributed by atoms with Crippen molar-refractivity contribution in [1.82, 2.24) is 9.55 Å². The van der Waals surface area contributed by atoms with Crippen LogP contribution >= 0.6 is 11.8 Å². The molecule has 0 saturated heterocycles. The molecule has 30 heavy (non-hydrogen) atoms. The van der Waals surface area contributed by atoms with Gasteiger partial charge < -0.3 is 14.6 Å². The van der Waals surface area contributed by atoms with Crippen molar-refractivity contribution in [3.8, 4) is 17.2 Å². The number of aryl methyl sites for hydroxylation is 2. The van der Waals surface area contributed by atoms with Crippen LogP contribution in [0, 0.1) is 13.8 Å². The number of aromatic nitrogens is 2. The standard InChI is InChI=1S/C23H26N2O4S/c1-15-6-9-20(16(2)12-15)30-21-22(26)25(11-10-24-21)17-7-8-18(19(13-17)28-5)29-14-23(3,4)27/h6-13,27H,14H2,1-5H3. The molecule has 0 unspecified atom stereocenters. The summed E-state index contributed by atoms with van der Waals surface area (Å²) in [5, 5.41) is 10.3. The van der Waals surface area contributed by atoms with Gasteiger partial charge in [0, 0.05) is 23.4 Å². The lowest BCUT2D eigenvalue weighted by Gasteiger charge is -2.19. The second-order valence-corrected chi connectivity index (χ2v) is 8.75. The summed E-state index contributed by atoms with van der Waals surface area (Å²) in [4.78, 5) is 18.4. The maximum atomic E-state index is 13.1. The highest BCUT2D eigenvalue weighted by atomic mass is 32.2. The quantitative estimate of drug-likeness (QED) is 0.612. The monoisotopic (exact) mass is 426 g/mol. The summed E-state index contributed by atoms with van der Waals surface area (Å²) in [6.45, 7) is 7.51. The Kier molecular flexibility index (Phi) is 6.53. The highest BCUT2D eigenvalue weighted by molar-refractivity contribution is 7.99. The van der Waals surface area contributed by atoms with Gasteiger partial charge in [0.05, 0.1) is 18.4 Å². The zero-order valence-electron chi connectivity index (χ0n) is 17.8. The van der Waals surface area contributed by atoms with Crippen LogP contribution in [-0.4, -0.2) is 34.0 Å². The molecule has 1 aromatic heterocycles. The average Bonchev–Trinajstić information content (AvgIpc) is 2.69. The van der Waals surface area contributed by atoms with E-state index >= 15 is 0 Å². The Hall–Kier alpha value is -2.77. The number of benzene rings is 2. The highest BCUT2D eigenvalue weighted by Crippen LogP contribution is 2.31. The summed E-state index contributed by atoms with van der Waals surface area (Å²) < 4.78 is 12.6. The van der Waals surface area contributed by atoms with Crippen LogP contribution in [-0.2, 0) is 0 Å². The maximum Gasteiger partial charge on any atom is 0.287 e. The second kappa shape index (κ2) is 8.93. The molecule has 1 heterocycles. The van der Waals surface area contributed by atoms with E-state index in [1.54, 1.807) is 44.4 Å². The van der Waals surface area contributed by atoms with Crippen LogP contribution in [0.1, 0.15) is 25.0 Å². The van der Waals surface area contributed by atoms with Gasteiger partial charge in [-0.25, -0.2) is 4.98 Å². The Bertz CT molecular complexity index is 1100. The number of hydrogen-bond donors (Lipinski definition) is 1. The fourth-order valence-electron chi connectivity index (χ4n) is 2.86. The Morgan fingerprint density at radius 2 is 1.90 bits per heavy atom. The van der Waals surface area contributed by atoms with Crippen LogP contribution in [0.2, 0.25) is 0 Å². The molecular formula is C23H26N2O4S. The lowest BCUT2D eigenvalue weighted by molar-refractivity contribution is 0.0276. The van der Waals surface area contributed by atoms with Crippen LogP contribution in [0.4, 0.5) is 0 Å². The van der Waals surface area contributed by atoms with Crippen molar-refractivity contribution in [3.63, 3.8) is 0 Å². The van der Waals surface area contributed by atoms with Gasteiger partial charge in [0.15, 0.2) is 16.5 Å². The fraction of sp³-hybridized carbons (Fsp3) is 0.304. The van der Waals surface area contributed by atoms with E-state index in [0.717, 1.165) is 10.5 Å². The van der Waals surface area contributed by atoms with Crippen molar-refractivity contribution < 1.29 is 14.6 Å². The lowest BCUT2D eigenvalue weighted by Crippen LogP contribution is -2.28. The first-order valence-electron chi connectivity index (χ1n) is 9.54. The fourth-order valence-corrected chi connectivity index (χ4v) is 3.73. The molecule has 158 valence electrons. The summed E-state index contributed by atoms with van der Waals surface area (Å²) in [5.74, 6) is 0.972. The van der Waals surface area contributed by atoms with Crippen molar-refractivity contribution in [3.05, 3.63) is 70.3 Å². The molecule has 0 saturated carbocycles. The predicted molar refractivity (Wildman–Crippen MR) is 118 cm³/mol. The summed E-state index contributed by atoms with van der Waals surface area (Å²) >= 11 is 1.35. The lowest BCUT2D eigenvalue weighted by atomic mass is 10.2. The van der Waals surface area contributed by atoms with Gasteiger partial charge in [0.2, 0.25) is 0 Å². The van der Waals surface area contributed by atoms with E-state index < -0.39 is 5.60 Å². The molecule has 0 atom stereocenters. The molecule has 6 nitrogen and oxygen atoms in total. The Morgan fingerprint density at radius 3 is 2.57 bits per heavy atom. The minimum atomic E-state index is -0.966. The molecular weight excluding hydrogens is 400 g/mol. The molecule has 0 bridgehead atoms. The van der Waals surface area contributed by atoms with E-state index in [1.165, 1.54) is 29.0 Å². The zero-order chi connectivity index (χ0) is 21.9. The number of nitrogens with zero attached hydrogens (tertiary/aromatic N) is 2. The predicted octanol–water partition coefficient (Wildman–Crippen LogP) is 4.16. The second-order valence-electron chi connectivity index (χ2n) is 7.71. The van der Waals surface area contributed by atoms with Gasteiger partial charge in [-0.2, -0.15) is 0 Å². The number of rotatable bonds is 7. The van der Waals surface area contributed by atoms with Gasteiger partial charge in [0.25, 0.3) is 5.56 Å². The van der Waals surface area contributed by atoms with Crippen molar-refractivity contribution in [1.29, 1.82) is 0 Å². The van der Waals surface area contributed by atoms with E-state index in [-0.39, 0.29) is 12.2 Å². The van der Waals surface area contributed by atoms with Crippen LogP contribution < -0.4 is 15.0 Å². The van der Waals surface area contributed by atoms with Crippen molar-refractivity contribution in [2.45, 2.75) is 43.2 Å². The third kappa shape index (κ3) is 5.23. The van der Waals surface area contributed by atoms with Crippen LogP contribution in [0.3, 0.4) is 0 Å². The number of hydrogen-bond acceptors (Lipinski definition) is 6. The topological polar surface area (TPSA) is 73.6 Å². The van der Waals surface area contributed by atoms with Crippen molar-refractivity contribution in [2.75, 3.05) is 13.7 Å². The molecule has 3 rings (SSSR count). The molecule has 7 heteroatoms. The molecule has 3 aromatic rings. The van der Waals surface area contributed by atoms with Crippen molar-refractivity contribution in [2.24, 2.45) is 0 Å². The van der Waals surface area contributed by atoms with Gasteiger partial charge in [-0.3, -0.25) is 9.36 Å². The summed E-state index contributed by atoms with van der Waals surface area (Å²) in [5.41, 5.74) is 1.74. The molecule has 1 N–H and O–H groups in total. The summed E-state index contributed by atoms with van der Waals surface area (Å²) in [7, 11) is 1.53. The van der Waals surface area contributed by atoms with Crippen LogP contribution in [0.25, 0.3) is 5.69 Å². The largest absolute Gasteiger partial charge is 0.493 e. The third-order valence-corrected chi connectivity index (χ3v) is 5.50. The van der Waals surface area contributed by atoms with Gasteiger partial charge in [-0.1, -0.05) is 29.5 Å². The molecule has 0 aliphatic rings.